The molecular formula is C12H25Cl2N3O2. The van der Waals surface area contributed by atoms with Gasteiger partial charge in [-0.3, -0.25) is 9.69 Å². The van der Waals surface area contributed by atoms with E-state index in [1.165, 1.54) is 0 Å². The second-order valence-electron chi connectivity index (χ2n) is 5.04. The van der Waals surface area contributed by atoms with Gasteiger partial charge in [0.15, 0.2) is 0 Å². The van der Waals surface area contributed by atoms with Crippen molar-refractivity contribution in [2.75, 3.05) is 45.9 Å². The summed E-state index contributed by atoms with van der Waals surface area (Å²) in [5.74, 6) is 0.202. The summed E-state index contributed by atoms with van der Waals surface area (Å²) in [6, 6.07) is 0.442. The molecule has 114 valence electrons. The van der Waals surface area contributed by atoms with Gasteiger partial charge in [0.1, 0.15) is 6.04 Å². The number of nitrogens with one attached hydrogen (secondary N) is 1. The van der Waals surface area contributed by atoms with Crippen molar-refractivity contribution in [2.24, 2.45) is 0 Å². The Bertz CT molecular complexity index is 266. The normalized spacial score (nSPS) is 24.6. The quantitative estimate of drug-likeness (QED) is 0.800. The maximum Gasteiger partial charge on any atom is 0.242 e. The average Bonchev–Trinajstić information content (AvgIpc) is 2.39. The van der Waals surface area contributed by atoms with E-state index in [-0.39, 0.29) is 36.8 Å². The number of hydrogen-bond acceptors (Lipinski definition) is 4. The third-order valence-corrected chi connectivity index (χ3v) is 3.58. The fourth-order valence-corrected chi connectivity index (χ4v) is 2.40. The molecule has 0 aromatic rings. The summed E-state index contributed by atoms with van der Waals surface area (Å²) in [7, 11) is 0. The third kappa shape index (κ3) is 5.08. The highest BCUT2D eigenvalue weighted by Gasteiger charge is 2.29. The van der Waals surface area contributed by atoms with Crippen LogP contribution in [0.25, 0.3) is 0 Å². The van der Waals surface area contributed by atoms with Crippen LogP contribution >= 0.6 is 24.8 Å². The predicted molar refractivity (Wildman–Crippen MR) is 80.4 cm³/mol. The number of ether oxygens (including phenoxy) is 1. The zero-order valence-electron chi connectivity index (χ0n) is 11.6. The highest BCUT2D eigenvalue weighted by Crippen LogP contribution is 2.08. The van der Waals surface area contributed by atoms with E-state index in [4.69, 9.17) is 4.74 Å². The molecule has 0 bridgehead atoms. The van der Waals surface area contributed by atoms with Gasteiger partial charge in [-0.1, -0.05) is 0 Å². The number of rotatable bonds is 2. The Labute approximate surface area is 127 Å². The van der Waals surface area contributed by atoms with Gasteiger partial charge in [0.25, 0.3) is 0 Å². The molecule has 0 spiro atoms. The van der Waals surface area contributed by atoms with Crippen LogP contribution in [0.1, 0.15) is 13.8 Å². The molecule has 2 aliphatic rings. The van der Waals surface area contributed by atoms with E-state index in [1.807, 2.05) is 4.90 Å². The number of nitrogens with zero attached hydrogens (tertiary/aromatic N) is 2. The van der Waals surface area contributed by atoms with E-state index in [2.05, 4.69) is 24.1 Å². The summed E-state index contributed by atoms with van der Waals surface area (Å²) in [5, 5.41) is 3.22. The summed E-state index contributed by atoms with van der Waals surface area (Å²) >= 11 is 0. The molecule has 2 heterocycles. The monoisotopic (exact) mass is 313 g/mol. The van der Waals surface area contributed by atoms with Crippen molar-refractivity contribution in [2.45, 2.75) is 25.9 Å². The van der Waals surface area contributed by atoms with Crippen molar-refractivity contribution in [3.63, 3.8) is 0 Å². The van der Waals surface area contributed by atoms with Gasteiger partial charge in [-0.15, -0.1) is 24.8 Å². The molecule has 1 atom stereocenters. The van der Waals surface area contributed by atoms with Crippen molar-refractivity contribution in [1.29, 1.82) is 0 Å². The Hall–Kier alpha value is -0.0700. The predicted octanol–water partition coefficient (Wildman–Crippen LogP) is 0.371. The summed E-state index contributed by atoms with van der Waals surface area (Å²) < 4.78 is 5.33. The lowest BCUT2D eigenvalue weighted by atomic mass is 10.2. The first-order chi connectivity index (χ1) is 8.18. The van der Waals surface area contributed by atoms with Crippen molar-refractivity contribution >= 4 is 30.7 Å². The number of amides is 1. The molecule has 5 nitrogen and oxygen atoms in total. The first-order valence-corrected chi connectivity index (χ1v) is 6.52. The molecule has 1 amide bonds. The van der Waals surface area contributed by atoms with Crippen LogP contribution in [-0.4, -0.2) is 73.7 Å². The largest absolute Gasteiger partial charge is 0.378 e. The first-order valence-electron chi connectivity index (χ1n) is 6.52. The van der Waals surface area contributed by atoms with E-state index >= 15 is 0 Å². The molecule has 7 heteroatoms. The van der Waals surface area contributed by atoms with Gasteiger partial charge in [0.2, 0.25) is 5.91 Å². The Balaban J connectivity index is 0.00000162. The lowest BCUT2D eigenvalue weighted by Crippen LogP contribution is -2.57. The zero-order valence-corrected chi connectivity index (χ0v) is 13.3. The van der Waals surface area contributed by atoms with Crippen LogP contribution in [0, 0.1) is 0 Å². The highest BCUT2D eigenvalue weighted by atomic mass is 35.5. The molecule has 0 radical (unpaired) electrons. The number of morpholine rings is 1. The maximum atomic E-state index is 12.2. The molecular weight excluding hydrogens is 289 g/mol. The Morgan fingerprint density at radius 1 is 1.21 bits per heavy atom. The van der Waals surface area contributed by atoms with Gasteiger partial charge in [-0.2, -0.15) is 0 Å². The summed E-state index contributed by atoms with van der Waals surface area (Å²) in [4.78, 5) is 16.6. The highest BCUT2D eigenvalue weighted by molar-refractivity contribution is 5.85. The van der Waals surface area contributed by atoms with E-state index < -0.39 is 0 Å². The van der Waals surface area contributed by atoms with Crippen molar-refractivity contribution < 1.29 is 9.53 Å². The number of piperazine rings is 1. The number of halogens is 2. The van der Waals surface area contributed by atoms with Gasteiger partial charge in [-0.05, 0) is 13.8 Å². The van der Waals surface area contributed by atoms with Gasteiger partial charge in [0.05, 0.1) is 13.2 Å². The van der Waals surface area contributed by atoms with Crippen LogP contribution < -0.4 is 5.32 Å². The molecule has 2 rings (SSSR count). The lowest BCUT2D eigenvalue weighted by molar-refractivity contribution is -0.138. The summed E-state index contributed by atoms with van der Waals surface area (Å²) in [5.41, 5.74) is 0. The van der Waals surface area contributed by atoms with Crippen molar-refractivity contribution in [1.82, 2.24) is 15.1 Å². The average molecular weight is 314 g/mol. The smallest absolute Gasteiger partial charge is 0.242 e. The molecule has 2 fully saturated rings. The summed E-state index contributed by atoms with van der Waals surface area (Å²) in [6.45, 7) is 10.1. The Kier molecular flexibility index (Phi) is 8.94. The summed E-state index contributed by atoms with van der Waals surface area (Å²) in [6.07, 6.45) is 0. The molecule has 0 saturated carbocycles. The molecule has 2 aliphatic heterocycles. The van der Waals surface area contributed by atoms with Crippen LogP contribution in [0.5, 0.6) is 0 Å². The third-order valence-electron chi connectivity index (χ3n) is 3.58. The van der Waals surface area contributed by atoms with Crippen LogP contribution in [-0.2, 0) is 9.53 Å². The van der Waals surface area contributed by atoms with Crippen molar-refractivity contribution in [3.05, 3.63) is 0 Å². The molecule has 1 N–H and O–H groups in total. The van der Waals surface area contributed by atoms with Gasteiger partial charge < -0.3 is 15.0 Å². The minimum absolute atomic E-state index is 0. The topological polar surface area (TPSA) is 44.8 Å². The zero-order chi connectivity index (χ0) is 12.3. The van der Waals surface area contributed by atoms with Gasteiger partial charge >= 0.3 is 0 Å². The van der Waals surface area contributed by atoms with Crippen LogP contribution in [0.2, 0.25) is 0 Å². The standard InChI is InChI=1S/C12H23N3O2.2ClH/c1-10(2)14-4-6-15(7-5-14)12(16)11-9-17-8-3-13-11;;/h10-11,13H,3-9H2,1-2H3;2*1H. The molecule has 0 aliphatic carbocycles. The van der Waals surface area contributed by atoms with E-state index in [0.717, 1.165) is 32.7 Å². The molecule has 19 heavy (non-hydrogen) atoms. The lowest BCUT2D eigenvalue weighted by Gasteiger charge is -2.38. The van der Waals surface area contributed by atoms with Crippen molar-refractivity contribution in [3.8, 4) is 0 Å². The van der Waals surface area contributed by atoms with Gasteiger partial charge in [-0.25, -0.2) is 0 Å². The van der Waals surface area contributed by atoms with E-state index in [9.17, 15) is 4.79 Å². The Morgan fingerprint density at radius 3 is 2.32 bits per heavy atom. The molecule has 1 unspecified atom stereocenters. The van der Waals surface area contributed by atoms with Crippen LogP contribution in [0.3, 0.4) is 0 Å². The Morgan fingerprint density at radius 2 is 1.84 bits per heavy atom. The number of carbonyl (C=O) groups excluding carboxylic acids is 1. The molecule has 2 saturated heterocycles. The fraction of sp³-hybridized carbons (Fsp3) is 0.917. The molecule has 0 aromatic carbocycles. The first kappa shape index (κ1) is 18.9. The van der Waals surface area contributed by atoms with E-state index in [0.29, 0.717) is 19.3 Å². The number of hydrogen-bond donors (Lipinski definition) is 1. The molecule has 0 aromatic heterocycles. The van der Waals surface area contributed by atoms with E-state index in [1.54, 1.807) is 0 Å². The minimum Gasteiger partial charge on any atom is -0.378 e. The number of carbonyl (C=O) groups is 1. The maximum absolute atomic E-state index is 12.2. The fourth-order valence-electron chi connectivity index (χ4n) is 2.40. The second kappa shape index (κ2) is 8.97. The van der Waals surface area contributed by atoms with Gasteiger partial charge in [0, 0.05) is 38.8 Å². The SMILES string of the molecule is CC(C)N1CCN(C(=O)C2COCCN2)CC1.Cl.Cl. The van der Waals surface area contributed by atoms with Crippen LogP contribution in [0.4, 0.5) is 0 Å². The van der Waals surface area contributed by atoms with Crippen LogP contribution in [0.15, 0.2) is 0 Å². The second-order valence-corrected chi connectivity index (χ2v) is 5.04. The minimum atomic E-state index is -0.130.